The lowest BCUT2D eigenvalue weighted by molar-refractivity contribution is -0.0161. The van der Waals surface area contributed by atoms with Crippen molar-refractivity contribution in [3.05, 3.63) is 33.3 Å². The lowest BCUT2D eigenvalue weighted by Gasteiger charge is -2.45. The van der Waals surface area contributed by atoms with Crippen LogP contribution in [0.5, 0.6) is 0 Å². The summed E-state index contributed by atoms with van der Waals surface area (Å²) < 4.78 is 6.31. The molecule has 0 radical (unpaired) electrons. The van der Waals surface area contributed by atoms with Crippen molar-refractivity contribution in [2.45, 2.75) is 24.6 Å². The van der Waals surface area contributed by atoms with Crippen molar-refractivity contribution in [2.75, 3.05) is 6.61 Å². The standard InChI is InChI=1S/C13H14BrClN2O2/c14-9-2-1-6(15)5-8(9)13(18)17-11-10(16)7-3-4-19-12(7)11/h1-2,5,7,10-12H,3-4,16H2,(H,17,18). The molecule has 4 unspecified atom stereocenters. The Morgan fingerprint density at radius 3 is 3.11 bits per heavy atom. The molecule has 4 nitrogen and oxygen atoms in total. The van der Waals surface area contributed by atoms with Gasteiger partial charge in [0.25, 0.3) is 5.91 Å². The van der Waals surface area contributed by atoms with Crippen molar-refractivity contribution in [1.82, 2.24) is 5.32 Å². The molecular formula is C13H14BrClN2O2. The monoisotopic (exact) mass is 344 g/mol. The van der Waals surface area contributed by atoms with Crippen molar-refractivity contribution >= 4 is 33.4 Å². The Balaban J connectivity index is 1.73. The van der Waals surface area contributed by atoms with Crippen LogP contribution in [-0.2, 0) is 4.74 Å². The van der Waals surface area contributed by atoms with Crippen LogP contribution in [-0.4, -0.2) is 30.7 Å². The minimum atomic E-state index is -0.177. The Bertz CT molecular complexity index is 525. The second kappa shape index (κ2) is 5.05. The van der Waals surface area contributed by atoms with Crippen molar-refractivity contribution < 1.29 is 9.53 Å². The molecule has 1 aromatic rings. The fraction of sp³-hybridized carbons (Fsp3) is 0.462. The van der Waals surface area contributed by atoms with Gasteiger partial charge in [-0.25, -0.2) is 0 Å². The number of nitrogens with one attached hydrogen (secondary N) is 1. The van der Waals surface area contributed by atoms with E-state index in [1.165, 1.54) is 0 Å². The van der Waals surface area contributed by atoms with Crippen LogP contribution in [0.2, 0.25) is 5.02 Å². The fourth-order valence-electron chi connectivity index (χ4n) is 2.83. The fourth-order valence-corrected chi connectivity index (χ4v) is 3.43. The summed E-state index contributed by atoms with van der Waals surface area (Å²) in [5, 5.41) is 3.47. The van der Waals surface area contributed by atoms with Gasteiger partial charge in [0.1, 0.15) is 0 Å². The van der Waals surface area contributed by atoms with Crippen LogP contribution in [0.3, 0.4) is 0 Å². The quantitative estimate of drug-likeness (QED) is 0.861. The van der Waals surface area contributed by atoms with Crippen LogP contribution >= 0.6 is 27.5 Å². The number of nitrogens with two attached hydrogens (primary N) is 1. The second-order valence-electron chi connectivity index (χ2n) is 4.99. The maximum atomic E-state index is 12.2. The zero-order chi connectivity index (χ0) is 13.6. The van der Waals surface area contributed by atoms with Gasteiger partial charge in [0.2, 0.25) is 0 Å². The number of hydrogen-bond acceptors (Lipinski definition) is 3. The third-order valence-electron chi connectivity index (χ3n) is 3.92. The Morgan fingerprint density at radius 1 is 1.53 bits per heavy atom. The average molecular weight is 346 g/mol. The smallest absolute Gasteiger partial charge is 0.252 e. The van der Waals surface area contributed by atoms with Gasteiger partial charge in [-0.1, -0.05) is 11.6 Å². The summed E-state index contributed by atoms with van der Waals surface area (Å²) in [7, 11) is 0. The highest BCUT2D eigenvalue weighted by atomic mass is 79.9. The van der Waals surface area contributed by atoms with Gasteiger partial charge in [0, 0.05) is 28.1 Å². The van der Waals surface area contributed by atoms with Gasteiger partial charge in [0.15, 0.2) is 0 Å². The zero-order valence-electron chi connectivity index (χ0n) is 10.1. The summed E-state index contributed by atoms with van der Waals surface area (Å²) in [6.45, 7) is 0.732. The number of rotatable bonds is 2. The van der Waals surface area contributed by atoms with Crippen molar-refractivity contribution in [1.29, 1.82) is 0 Å². The van der Waals surface area contributed by atoms with Crippen molar-refractivity contribution in [3.63, 3.8) is 0 Å². The van der Waals surface area contributed by atoms with Crippen LogP contribution in [0.1, 0.15) is 16.8 Å². The van der Waals surface area contributed by atoms with Gasteiger partial charge in [-0.2, -0.15) is 0 Å². The summed E-state index contributed by atoms with van der Waals surface area (Å²) in [6.07, 6.45) is 1.05. The number of carbonyl (C=O) groups is 1. The van der Waals surface area contributed by atoms with E-state index in [4.69, 9.17) is 22.1 Å². The topological polar surface area (TPSA) is 64.3 Å². The van der Waals surface area contributed by atoms with Crippen LogP contribution in [0.15, 0.2) is 22.7 Å². The second-order valence-corrected chi connectivity index (χ2v) is 6.28. The summed E-state index contributed by atoms with van der Waals surface area (Å²) in [5.74, 6) is 0.205. The molecule has 1 saturated carbocycles. The van der Waals surface area contributed by atoms with Gasteiger partial charge < -0.3 is 15.8 Å². The first kappa shape index (κ1) is 13.4. The number of halogens is 2. The number of carbonyl (C=O) groups excluding carboxylic acids is 1. The molecule has 0 spiro atoms. The van der Waals surface area contributed by atoms with Crippen LogP contribution in [0.25, 0.3) is 0 Å². The Hall–Kier alpha value is -0.620. The zero-order valence-corrected chi connectivity index (χ0v) is 12.4. The molecular weight excluding hydrogens is 332 g/mol. The molecule has 19 heavy (non-hydrogen) atoms. The lowest BCUT2D eigenvalue weighted by Crippen LogP contribution is -2.68. The molecule has 2 aliphatic rings. The third-order valence-corrected chi connectivity index (χ3v) is 4.84. The number of ether oxygens (including phenoxy) is 1. The predicted molar refractivity (Wildman–Crippen MR) is 76.2 cm³/mol. The van der Waals surface area contributed by atoms with Gasteiger partial charge >= 0.3 is 0 Å². The minimum absolute atomic E-state index is 0.0191. The largest absolute Gasteiger partial charge is 0.376 e. The van der Waals surface area contributed by atoms with E-state index in [1.54, 1.807) is 18.2 Å². The summed E-state index contributed by atoms with van der Waals surface area (Å²) >= 11 is 9.26. The number of amides is 1. The highest BCUT2D eigenvalue weighted by Crippen LogP contribution is 2.38. The number of hydrogen-bond donors (Lipinski definition) is 2. The molecule has 1 aliphatic carbocycles. The van der Waals surface area contributed by atoms with Crippen LogP contribution in [0.4, 0.5) is 0 Å². The maximum absolute atomic E-state index is 12.2. The maximum Gasteiger partial charge on any atom is 0.252 e. The lowest BCUT2D eigenvalue weighted by atomic mass is 9.72. The molecule has 3 N–H and O–H groups in total. The van der Waals surface area contributed by atoms with E-state index in [0.717, 1.165) is 13.0 Å². The number of fused-ring (bicyclic) bond motifs is 1. The normalized spacial score (nSPS) is 32.6. The molecule has 1 heterocycles. The molecule has 1 aromatic carbocycles. The number of benzene rings is 1. The molecule has 4 atom stereocenters. The Morgan fingerprint density at radius 2 is 2.32 bits per heavy atom. The predicted octanol–water partition coefficient (Wildman–Crippen LogP) is 1.95. The van der Waals surface area contributed by atoms with Gasteiger partial charge in [-0.15, -0.1) is 0 Å². The van der Waals surface area contributed by atoms with E-state index in [2.05, 4.69) is 21.2 Å². The highest BCUT2D eigenvalue weighted by Gasteiger charge is 2.52. The van der Waals surface area contributed by atoms with Crippen LogP contribution in [0, 0.1) is 5.92 Å². The van der Waals surface area contributed by atoms with E-state index < -0.39 is 0 Å². The Kier molecular flexibility index (Phi) is 3.55. The van der Waals surface area contributed by atoms with E-state index in [1.807, 2.05) is 0 Å². The van der Waals surface area contributed by atoms with E-state index in [9.17, 15) is 4.79 Å². The van der Waals surface area contributed by atoms with E-state index in [-0.39, 0.29) is 24.1 Å². The van der Waals surface area contributed by atoms with E-state index in [0.29, 0.717) is 21.0 Å². The van der Waals surface area contributed by atoms with Crippen molar-refractivity contribution in [3.8, 4) is 0 Å². The summed E-state index contributed by atoms with van der Waals surface area (Å²) in [6, 6.07) is 5.00. The highest BCUT2D eigenvalue weighted by molar-refractivity contribution is 9.10. The molecule has 0 aromatic heterocycles. The average Bonchev–Trinajstić information content (AvgIpc) is 2.83. The summed E-state index contributed by atoms with van der Waals surface area (Å²) in [5.41, 5.74) is 6.58. The molecule has 2 fully saturated rings. The van der Waals surface area contributed by atoms with E-state index >= 15 is 0 Å². The van der Waals surface area contributed by atoms with Crippen LogP contribution < -0.4 is 11.1 Å². The third kappa shape index (κ3) is 2.29. The molecule has 102 valence electrons. The van der Waals surface area contributed by atoms with Crippen molar-refractivity contribution in [2.24, 2.45) is 11.7 Å². The molecule has 3 rings (SSSR count). The molecule has 1 saturated heterocycles. The first-order valence-corrected chi connectivity index (χ1v) is 7.38. The van der Waals surface area contributed by atoms with Gasteiger partial charge in [-0.3, -0.25) is 4.79 Å². The molecule has 1 amide bonds. The SMILES string of the molecule is NC1C2CCOC2C1NC(=O)c1cc(Cl)ccc1Br. The summed E-state index contributed by atoms with van der Waals surface area (Å²) in [4.78, 5) is 12.2. The molecule has 6 heteroatoms. The first-order chi connectivity index (χ1) is 9.08. The molecule has 0 bridgehead atoms. The molecule has 1 aliphatic heterocycles. The Labute approximate surface area is 124 Å². The van der Waals surface area contributed by atoms with Gasteiger partial charge in [0.05, 0.1) is 17.7 Å². The van der Waals surface area contributed by atoms with Gasteiger partial charge in [-0.05, 0) is 40.5 Å². The first-order valence-electron chi connectivity index (χ1n) is 6.21. The minimum Gasteiger partial charge on any atom is -0.376 e.